The number of aromatic nitrogens is 3. The van der Waals surface area contributed by atoms with Crippen molar-refractivity contribution in [1.29, 1.82) is 0 Å². The third kappa shape index (κ3) is 5.99. The van der Waals surface area contributed by atoms with Gasteiger partial charge in [0.05, 0.1) is 11.7 Å². The summed E-state index contributed by atoms with van der Waals surface area (Å²) in [5.41, 5.74) is 11.2. The number of aliphatic imine (C=N–C) groups is 1. The van der Waals surface area contributed by atoms with E-state index < -0.39 is 5.91 Å². The third-order valence-corrected chi connectivity index (χ3v) is 7.16. The number of guanidine groups is 1. The number of halogens is 1. The molecule has 1 spiro atoms. The van der Waals surface area contributed by atoms with E-state index in [-0.39, 0.29) is 58.5 Å². The van der Waals surface area contributed by atoms with Gasteiger partial charge in [-0.25, -0.2) is 9.97 Å². The highest BCUT2D eigenvalue weighted by Crippen LogP contribution is 2.26. The molecule has 2 saturated heterocycles. The zero-order chi connectivity index (χ0) is 28.3. The highest BCUT2D eigenvalue weighted by Gasteiger charge is 2.40. The average molecular weight is 566 g/mol. The van der Waals surface area contributed by atoms with Crippen molar-refractivity contribution < 1.29 is 19.2 Å². The summed E-state index contributed by atoms with van der Waals surface area (Å²) in [4.78, 5) is 57.2. The van der Waals surface area contributed by atoms with Gasteiger partial charge >= 0.3 is 5.91 Å². The summed E-state index contributed by atoms with van der Waals surface area (Å²) in [6, 6.07) is 10.9. The van der Waals surface area contributed by atoms with Crippen molar-refractivity contribution in [3.63, 3.8) is 0 Å². The van der Waals surface area contributed by atoms with E-state index in [1.165, 1.54) is 4.73 Å². The molecule has 5 rings (SSSR count). The number of ketones is 1. The van der Waals surface area contributed by atoms with Crippen molar-refractivity contribution >= 4 is 46.8 Å². The molecular formula is C26H28ClN9O4. The minimum Gasteiger partial charge on any atom is -0.382 e. The Morgan fingerprint density at radius 2 is 1.80 bits per heavy atom. The number of hydrogen-bond donors (Lipinski definition) is 4. The predicted octanol–water partition coefficient (Wildman–Crippen LogP) is 1.65. The molecule has 2 aliphatic heterocycles. The Hall–Kier alpha value is -4.65. The van der Waals surface area contributed by atoms with Gasteiger partial charge in [-0.3, -0.25) is 14.4 Å². The number of anilines is 2. The van der Waals surface area contributed by atoms with Gasteiger partial charge in [0.25, 0.3) is 0 Å². The van der Waals surface area contributed by atoms with Crippen LogP contribution >= 0.6 is 11.6 Å². The fourth-order valence-electron chi connectivity index (χ4n) is 4.62. The van der Waals surface area contributed by atoms with Crippen LogP contribution in [0, 0.1) is 0 Å². The molecule has 0 aliphatic carbocycles. The Morgan fingerprint density at radius 1 is 1.05 bits per heavy atom. The molecule has 2 fully saturated rings. The van der Waals surface area contributed by atoms with Gasteiger partial charge in [-0.1, -0.05) is 29.8 Å². The molecule has 2 amide bonds. The molecule has 1 aromatic carbocycles. The number of benzene rings is 1. The maximum absolute atomic E-state index is 12.8. The Bertz CT molecular complexity index is 1470. The Labute approximate surface area is 234 Å². The van der Waals surface area contributed by atoms with Crippen LogP contribution in [0.5, 0.6) is 5.75 Å². The van der Waals surface area contributed by atoms with E-state index in [1.54, 1.807) is 23.4 Å². The molecule has 208 valence electrons. The van der Waals surface area contributed by atoms with Gasteiger partial charge in [0.15, 0.2) is 40.0 Å². The first-order chi connectivity index (χ1) is 19.2. The lowest BCUT2D eigenvalue weighted by molar-refractivity contribution is -0.132. The summed E-state index contributed by atoms with van der Waals surface area (Å²) in [6.07, 6.45) is 4.78. The maximum atomic E-state index is 12.8. The molecule has 4 heterocycles. The fraction of sp³-hybridized carbons (Fsp3) is 0.308. The molecule has 3 aromatic rings. The van der Waals surface area contributed by atoms with Crippen molar-refractivity contribution in [2.75, 3.05) is 31.1 Å². The quantitative estimate of drug-likeness (QED) is 0.307. The molecule has 0 atom stereocenters. The van der Waals surface area contributed by atoms with Crippen molar-refractivity contribution in [2.24, 2.45) is 4.99 Å². The molecule has 0 unspecified atom stereocenters. The van der Waals surface area contributed by atoms with E-state index in [2.05, 4.69) is 25.6 Å². The first-order valence-electron chi connectivity index (χ1n) is 12.7. The lowest BCUT2D eigenvalue weighted by Gasteiger charge is -2.38. The van der Waals surface area contributed by atoms with Crippen molar-refractivity contribution in [2.45, 2.75) is 31.2 Å². The number of likely N-dealkylation sites (tertiary alicyclic amines) is 1. The van der Waals surface area contributed by atoms with Gasteiger partial charge < -0.3 is 31.8 Å². The fourth-order valence-corrected chi connectivity index (χ4v) is 4.75. The van der Waals surface area contributed by atoms with Crippen LogP contribution in [0.15, 0.2) is 53.8 Å². The summed E-state index contributed by atoms with van der Waals surface area (Å²) in [6.45, 7) is 1.55. The van der Waals surface area contributed by atoms with E-state index >= 15 is 0 Å². The van der Waals surface area contributed by atoms with Gasteiger partial charge in [-0.05, 0) is 31.0 Å². The van der Waals surface area contributed by atoms with Crippen LogP contribution < -0.4 is 26.9 Å². The highest BCUT2D eigenvalue weighted by atomic mass is 35.5. The summed E-state index contributed by atoms with van der Waals surface area (Å²) in [5.74, 6) is -0.210. The molecule has 0 saturated carbocycles. The summed E-state index contributed by atoms with van der Waals surface area (Å²) < 4.78 is 1.47. The normalized spacial score (nSPS) is 16.9. The zero-order valence-corrected chi connectivity index (χ0v) is 22.2. The molecule has 6 N–H and O–H groups in total. The molecule has 40 heavy (non-hydrogen) atoms. The maximum Gasteiger partial charge on any atom is 0.302 e. The molecule has 2 aromatic heterocycles. The van der Waals surface area contributed by atoms with Gasteiger partial charge in [0.1, 0.15) is 0 Å². The molecule has 14 heteroatoms. The van der Waals surface area contributed by atoms with Crippen LogP contribution in [0.25, 0.3) is 0 Å². The van der Waals surface area contributed by atoms with Crippen LogP contribution in [0.4, 0.5) is 11.6 Å². The lowest BCUT2D eigenvalue weighted by Crippen LogP contribution is -2.53. The number of amides is 2. The van der Waals surface area contributed by atoms with E-state index in [4.69, 9.17) is 27.9 Å². The number of nitrogens with one attached hydrogen (secondary N) is 2. The number of nitrogen functional groups attached to an aromatic ring is 2. The highest BCUT2D eigenvalue weighted by molar-refractivity contribution is 6.31. The second-order valence-corrected chi connectivity index (χ2v) is 9.98. The molecule has 13 nitrogen and oxygen atoms in total. The predicted molar refractivity (Wildman–Crippen MR) is 148 cm³/mol. The third-order valence-electron chi connectivity index (χ3n) is 6.88. The van der Waals surface area contributed by atoms with Crippen LogP contribution in [0.3, 0.4) is 0 Å². The molecular weight excluding hydrogens is 538 g/mol. The number of carbonyl (C=O) groups is 3. The minimum atomic E-state index is -0.710. The molecule has 2 aliphatic rings. The van der Waals surface area contributed by atoms with Crippen LogP contribution in [0.2, 0.25) is 5.15 Å². The van der Waals surface area contributed by atoms with E-state index in [0.29, 0.717) is 43.8 Å². The number of Topliss-reactive ketones (excluding diaryl/α,β-unsaturated/α-hetero) is 1. The number of piperidine rings is 1. The largest absolute Gasteiger partial charge is 0.382 e. The molecule has 0 radical (unpaired) electrons. The van der Waals surface area contributed by atoms with E-state index in [9.17, 15) is 14.4 Å². The summed E-state index contributed by atoms with van der Waals surface area (Å²) >= 11 is 5.86. The monoisotopic (exact) mass is 565 g/mol. The second-order valence-electron chi connectivity index (χ2n) is 9.63. The number of carbonyl (C=O) groups excluding carboxylic acids is 3. The Morgan fingerprint density at radius 3 is 2.55 bits per heavy atom. The number of hydrogen-bond acceptors (Lipinski definition) is 8. The zero-order valence-electron chi connectivity index (χ0n) is 21.5. The average Bonchev–Trinajstić information content (AvgIpc) is 3.57. The first-order valence-corrected chi connectivity index (χ1v) is 13.1. The van der Waals surface area contributed by atoms with Crippen molar-refractivity contribution in [3.05, 3.63) is 65.2 Å². The van der Waals surface area contributed by atoms with E-state index in [1.807, 2.05) is 30.3 Å². The summed E-state index contributed by atoms with van der Waals surface area (Å²) in [5, 5.41) is 6.23. The second kappa shape index (κ2) is 11.2. The van der Waals surface area contributed by atoms with E-state index in [0.717, 1.165) is 0 Å². The van der Waals surface area contributed by atoms with Crippen molar-refractivity contribution in [3.8, 4) is 5.75 Å². The summed E-state index contributed by atoms with van der Waals surface area (Å²) in [7, 11) is 0. The van der Waals surface area contributed by atoms with Crippen molar-refractivity contribution in [1.82, 2.24) is 30.2 Å². The minimum absolute atomic E-state index is 0.0716. The standard InChI is InChI=1S/C26H28ClN9O4/c27-21-23(29)32-22(28)20(31-21)24(39)33-25-30-15-26(34-25)9-12-35(13-10-26)19(38)7-6-18(37)16-8-11-36(14-16)40-17-4-2-1-3-5-17/h1-5,8,11,14H,6-7,9-10,12-13,15H2,(H4,28,29,32)(H2,30,33,34,39). The SMILES string of the molecule is Nc1nc(N)c(C(=O)/N=C2\NCC3(CCN(C(=O)CCC(=O)c4ccn(Oc5ccccc5)c4)CC3)N2)nc1Cl. The number of nitrogens with two attached hydrogens (primary N) is 2. The van der Waals surface area contributed by atoms with Gasteiger partial charge in [-0.15, -0.1) is 0 Å². The molecule has 0 bridgehead atoms. The van der Waals surface area contributed by atoms with Crippen LogP contribution in [0.1, 0.15) is 46.5 Å². The topological polar surface area (TPSA) is 183 Å². The lowest BCUT2D eigenvalue weighted by atomic mass is 9.88. The number of nitrogens with zero attached hydrogens (tertiary/aromatic N) is 5. The number of para-hydroxylation sites is 1. The Kier molecular flexibility index (Phi) is 7.56. The Balaban J connectivity index is 1.09. The number of rotatable bonds is 7. The van der Waals surface area contributed by atoms with Gasteiger partial charge in [0.2, 0.25) is 5.91 Å². The van der Waals surface area contributed by atoms with Crippen LogP contribution in [-0.4, -0.2) is 68.3 Å². The van der Waals surface area contributed by atoms with Crippen LogP contribution in [-0.2, 0) is 4.79 Å². The van der Waals surface area contributed by atoms with Gasteiger partial charge in [0, 0.05) is 44.2 Å². The smallest absolute Gasteiger partial charge is 0.302 e. The first kappa shape index (κ1) is 26.9. The van der Waals surface area contributed by atoms with Gasteiger partial charge in [-0.2, -0.15) is 9.72 Å².